The molecule has 1 aliphatic heterocycles. The Hall–Kier alpha value is -1.29. The standard InChI is InChI=1S/C22H24N3O4S.Na/c26-30(21-24-19-5-1-2-6-20(19)25-21)15-17-11-18(7-10-23-17)27-12-16-13-28-22(29-14-16)8-3-4-9-22;/h1-2,5-7,10-11,16H,3-4,8-9,12-15H2;/q-1;+1. The summed E-state index contributed by atoms with van der Waals surface area (Å²) < 4.78 is 30.7. The van der Waals surface area contributed by atoms with Crippen molar-refractivity contribution in [3.63, 3.8) is 0 Å². The van der Waals surface area contributed by atoms with E-state index < -0.39 is 10.8 Å². The van der Waals surface area contributed by atoms with E-state index in [1.807, 2.05) is 36.4 Å². The minimum atomic E-state index is -1.37. The quantitative estimate of drug-likeness (QED) is 0.498. The van der Waals surface area contributed by atoms with Crippen molar-refractivity contribution < 1.29 is 48.0 Å². The maximum absolute atomic E-state index is 12.7. The van der Waals surface area contributed by atoms with Gasteiger partial charge in [-0.3, -0.25) is 9.19 Å². The summed E-state index contributed by atoms with van der Waals surface area (Å²) in [5.74, 6) is 0.808. The average molecular weight is 450 g/mol. The first kappa shape index (κ1) is 22.9. The maximum Gasteiger partial charge on any atom is 1.00 e. The zero-order chi connectivity index (χ0) is 20.4. The van der Waals surface area contributed by atoms with Gasteiger partial charge in [0.2, 0.25) is 0 Å². The van der Waals surface area contributed by atoms with Gasteiger partial charge in [-0.15, -0.1) is 0 Å². The third-order valence-electron chi connectivity index (χ3n) is 5.60. The van der Waals surface area contributed by atoms with Crippen molar-refractivity contribution in [2.24, 2.45) is 5.92 Å². The number of aromatic nitrogens is 3. The van der Waals surface area contributed by atoms with Gasteiger partial charge in [0.15, 0.2) is 5.79 Å². The van der Waals surface area contributed by atoms with Crippen molar-refractivity contribution in [2.45, 2.75) is 42.4 Å². The molecule has 0 N–H and O–H groups in total. The molecule has 31 heavy (non-hydrogen) atoms. The second kappa shape index (κ2) is 10.1. The molecule has 1 spiro atoms. The van der Waals surface area contributed by atoms with E-state index in [1.165, 1.54) is 12.8 Å². The number of hydrogen-bond acceptors (Lipinski definition) is 6. The fourth-order valence-electron chi connectivity index (χ4n) is 3.95. The van der Waals surface area contributed by atoms with Crippen LogP contribution in [0.25, 0.3) is 11.0 Å². The molecule has 9 heteroatoms. The second-order valence-electron chi connectivity index (χ2n) is 7.88. The molecule has 0 bridgehead atoms. The van der Waals surface area contributed by atoms with Crippen molar-refractivity contribution in [3.05, 3.63) is 48.3 Å². The molecule has 158 valence electrons. The predicted molar refractivity (Wildman–Crippen MR) is 112 cm³/mol. The molecule has 3 heterocycles. The van der Waals surface area contributed by atoms with Gasteiger partial charge in [0.1, 0.15) is 5.75 Å². The van der Waals surface area contributed by atoms with Gasteiger partial charge in [0, 0.05) is 36.2 Å². The third-order valence-corrected chi connectivity index (χ3v) is 6.75. The Morgan fingerprint density at radius 2 is 1.94 bits per heavy atom. The monoisotopic (exact) mass is 449 g/mol. The Labute approximate surface area is 206 Å². The minimum absolute atomic E-state index is 0. The molecule has 1 aliphatic carbocycles. The SMILES string of the molecule is O=S(Cc1cc(OCC2COC3(CCCC3)OC2)ccn1)c1nc2ccccc2[n-]1.[Na+]. The van der Waals surface area contributed by atoms with Gasteiger partial charge in [-0.05, 0) is 29.9 Å². The van der Waals surface area contributed by atoms with E-state index >= 15 is 0 Å². The average Bonchev–Trinajstić information content (AvgIpc) is 3.41. The number of rotatable bonds is 6. The first-order valence-corrected chi connectivity index (χ1v) is 11.6. The van der Waals surface area contributed by atoms with Crippen LogP contribution in [0.3, 0.4) is 0 Å². The molecular formula is C22H24N3NaO4S. The zero-order valence-corrected chi connectivity index (χ0v) is 20.5. The molecule has 3 aromatic rings. The van der Waals surface area contributed by atoms with Crippen LogP contribution in [0, 0.1) is 5.92 Å². The Morgan fingerprint density at radius 1 is 1.16 bits per heavy atom. The molecule has 0 amide bonds. The van der Waals surface area contributed by atoms with Crippen molar-refractivity contribution >= 4 is 21.8 Å². The molecule has 1 unspecified atom stereocenters. The third kappa shape index (κ3) is 5.38. The van der Waals surface area contributed by atoms with Crippen molar-refractivity contribution in [1.82, 2.24) is 15.0 Å². The Balaban J connectivity index is 0.00000231. The van der Waals surface area contributed by atoms with Crippen LogP contribution < -0.4 is 39.3 Å². The zero-order valence-electron chi connectivity index (χ0n) is 17.7. The predicted octanol–water partition coefficient (Wildman–Crippen LogP) is 0.211. The number of pyridine rings is 1. The van der Waals surface area contributed by atoms with Crippen LogP contribution in [0.1, 0.15) is 31.4 Å². The summed E-state index contributed by atoms with van der Waals surface area (Å²) in [6, 6.07) is 11.1. The van der Waals surface area contributed by atoms with E-state index in [4.69, 9.17) is 14.2 Å². The van der Waals surface area contributed by atoms with Gasteiger partial charge in [-0.2, -0.15) is 0 Å². The number of benzene rings is 1. The number of nitrogens with zero attached hydrogens (tertiary/aromatic N) is 3. The molecule has 0 radical (unpaired) electrons. The maximum atomic E-state index is 12.7. The number of fused-ring (bicyclic) bond motifs is 1. The van der Waals surface area contributed by atoms with Gasteiger partial charge in [0.25, 0.3) is 0 Å². The largest absolute Gasteiger partial charge is 1.00 e. The fourth-order valence-corrected chi connectivity index (χ4v) is 4.91. The fraction of sp³-hybridized carbons (Fsp3) is 0.455. The summed E-state index contributed by atoms with van der Waals surface area (Å²) >= 11 is 0. The van der Waals surface area contributed by atoms with Crippen LogP contribution >= 0.6 is 0 Å². The van der Waals surface area contributed by atoms with Gasteiger partial charge in [0.05, 0.1) is 42.1 Å². The van der Waals surface area contributed by atoms with E-state index in [2.05, 4.69) is 15.0 Å². The van der Waals surface area contributed by atoms with Gasteiger partial charge in [-0.1, -0.05) is 24.3 Å². The molecule has 2 aliphatic rings. The molecular weight excluding hydrogens is 425 g/mol. The van der Waals surface area contributed by atoms with Crippen LogP contribution in [0.5, 0.6) is 5.75 Å². The van der Waals surface area contributed by atoms with Crippen LogP contribution in [0.15, 0.2) is 47.8 Å². The summed E-state index contributed by atoms with van der Waals surface area (Å²) in [6.45, 7) is 1.83. The van der Waals surface area contributed by atoms with E-state index in [0.717, 1.165) is 23.9 Å². The van der Waals surface area contributed by atoms with Gasteiger partial charge in [-0.25, -0.2) is 0 Å². The van der Waals surface area contributed by atoms with Crippen molar-refractivity contribution in [2.75, 3.05) is 19.8 Å². The molecule has 2 aromatic heterocycles. The number of ether oxygens (including phenoxy) is 3. The molecule has 5 rings (SSSR count). The second-order valence-corrected chi connectivity index (χ2v) is 9.23. The topological polar surface area (TPSA) is 84.6 Å². The molecule has 1 atom stereocenters. The normalized spacial score (nSPS) is 19.4. The number of imidazole rings is 1. The summed E-state index contributed by atoms with van der Waals surface area (Å²) in [7, 11) is -1.37. The van der Waals surface area contributed by atoms with Gasteiger partial charge >= 0.3 is 29.6 Å². The van der Waals surface area contributed by atoms with Crippen LogP contribution in [0.4, 0.5) is 0 Å². The summed E-state index contributed by atoms with van der Waals surface area (Å²) in [5, 5.41) is 0.335. The van der Waals surface area contributed by atoms with Crippen LogP contribution in [-0.4, -0.2) is 39.8 Å². The summed E-state index contributed by atoms with van der Waals surface area (Å²) in [4.78, 5) is 13.0. The smallest absolute Gasteiger partial charge is 0.493 e. The van der Waals surface area contributed by atoms with Crippen LogP contribution in [0.2, 0.25) is 0 Å². The molecule has 2 fully saturated rings. The van der Waals surface area contributed by atoms with Crippen molar-refractivity contribution in [3.8, 4) is 5.75 Å². The van der Waals surface area contributed by atoms with E-state index in [9.17, 15) is 4.21 Å². The Bertz CT molecular complexity index is 1010. The molecule has 1 saturated carbocycles. The Kier molecular flexibility index (Phi) is 7.46. The molecule has 7 nitrogen and oxygen atoms in total. The van der Waals surface area contributed by atoms with E-state index in [-0.39, 0.29) is 47.0 Å². The van der Waals surface area contributed by atoms with Gasteiger partial charge < -0.3 is 24.2 Å². The van der Waals surface area contributed by atoms with Crippen LogP contribution in [-0.2, 0) is 26.0 Å². The van der Waals surface area contributed by atoms with E-state index in [0.29, 0.717) is 36.4 Å². The molecule has 1 aromatic carbocycles. The summed E-state index contributed by atoms with van der Waals surface area (Å²) in [6.07, 6.45) is 6.01. The van der Waals surface area contributed by atoms with E-state index in [1.54, 1.807) is 6.20 Å². The summed E-state index contributed by atoms with van der Waals surface area (Å²) in [5.41, 5.74) is 2.19. The number of hydrogen-bond donors (Lipinski definition) is 0. The first-order valence-electron chi connectivity index (χ1n) is 10.3. The number of para-hydroxylation sites is 2. The first-order chi connectivity index (χ1) is 14.7. The Morgan fingerprint density at radius 3 is 2.71 bits per heavy atom. The van der Waals surface area contributed by atoms with Crippen molar-refractivity contribution in [1.29, 1.82) is 0 Å². The molecule has 1 saturated heterocycles. The minimum Gasteiger partial charge on any atom is -0.493 e.